The SMILES string of the molecule is COc1ccccc1C(=O)Nc1ccc2nc(SCC(=O)NC(c3ccccc3)c3ccccc3)sc2c1. The van der Waals surface area contributed by atoms with E-state index >= 15 is 0 Å². The molecule has 1 heterocycles. The van der Waals surface area contributed by atoms with E-state index in [4.69, 9.17) is 4.74 Å². The lowest BCUT2D eigenvalue weighted by Crippen LogP contribution is -2.30. The number of thiazole rings is 1. The summed E-state index contributed by atoms with van der Waals surface area (Å²) in [4.78, 5) is 30.3. The molecule has 8 heteroatoms. The molecule has 0 unspecified atom stereocenters. The Morgan fingerprint density at radius 3 is 2.24 bits per heavy atom. The molecule has 0 radical (unpaired) electrons. The summed E-state index contributed by atoms with van der Waals surface area (Å²) in [6.07, 6.45) is 0. The number of aromatic nitrogens is 1. The standard InChI is InChI=1S/C30H25N3O3S2/c1-36-25-15-9-8-14-23(25)29(35)31-22-16-17-24-26(18-22)38-30(32-24)37-19-27(34)33-28(20-10-4-2-5-11-20)21-12-6-3-7-13-21/h2-18,28H,19H2,1H3,(H,31,35)(H,33,34). The number of hydrogen-bond acceptors (Lipinski definition) is 6. The largest absolute Gasteiger partial charge is 0.496 e. The molecule has 2 N–H and O–H groups in total. The summed E-state index contributed by atoms with van der Waals surface area (Å²) in [7, 11) is 1.54. The van der Waals surface area contributed by atoms with Crippen molar-refractivity contribution in [1.82, 2.24) is 10.3 Å². The molecule has 0 aliphatic heterocycles. The van der Waals surface area contributed by atoms with Crippen LogP contribution in [0.15, 0.2) is 107 Å². The summed E-state index contributed by atoms with van der Waals surface area (Å²) >= 11 is 2.89. The van der Waals surface area contributed by atoms with Gasteiger partial charge in [0.25, 0.3) is 5.91 Å². The number of amides is 2. The molecule has 2 amide bonds. The molecule has 6 nitrogen and oxygen atoms in total. The first-order valence-corrected chi connectivity index (χ1v) is 13.8. The van der Waals surface area contributed by atoms with E-state index in [0.717, 1.165) is 25.7 Å². The lowest BCUT2D eigenvalue weighted by molar-refractivity contribution is -0.119. The van der Waals surface area contributed by atoms with Crippen molar-refractivity contribution in [2.45, 2.75) is 10.4 Å². The van der Waals surface area contributed by atoms with E-state index in [1.165, 1.54) is 23.1 Å². The van der Waals surface area contributed by atoms with Gasteiger partial charge >= 0.3 is 0 Å². The highest BCUT2D eigenvalue weighted by molar-refractivity contribution is 8.01. The summed E-state index contributed by atoms with van der Waals surface area (Å²) in [5, 5.41) is 6.09. The molecule has 4 aromatic carbocycles. The van der Waals surface area contributed by atoms with Crippen LogP contribution in [-0.2, 0) is 4.79 Å². The van der Waals surface area contributed by atoms with E-state index < -0.39 is 0 Å². The van der Waals surface area contributed by atoms with Gasteiger partial charge in [0, 0.05) is 5.69 Å². The fourth-order valence-corrected chi connectivity index (χ4v) is 5.97. The second-order valence-corrected chi connectivity index (χ2v) is 10.7. The van der Waals surface area contributed by atoms with Crippen LogP contribution in [0.5, 0.6) is 5.75 Å². The van der Waals surface area contributed by atoms with E-state index in [2.05, 4.69) is 15.6 Å². The molecule has 0 spiro atoms. The fraction of sp³-hybridized carbons (Fsp3) is 0.100. The van der Waals surface area contributed by atoms with Crippen molar-refractivity contribution in [3.8, 4) is 5.75 Å². The van der Waals surface area contributed by atoms with Crippen LogP contribution in [0.2, 0.25) is 0 Å². The van der Waals surface area contributed by atoms with E-state index in [1.54, 1.807) is 25.3 Å². The number of fused-ring (bicyclic) bond motifs is 1. The van der Waals surface area contributed by atoms with Crippen LogP contribution in [0.25, 0.3) is 10.2 Å². The second-order valence-electron chi connectivity index (χ2n) is 8.43. The minimum absolute atomic E-state index is 0.0725. The van der Waals surface area contributed by atoms with E-state index in [0.29, 0.717) is 17.0 Å². The number of nitrogens with one attached hydrogen (secondary N) is 2. The maximum Gasteiger partial charge on any atom is 0.259 e. The van der Waals surface area contributed by atoms with Crippen LogP contribution in [0, 0.1) is 0 Å². The maximum absolute atomic E-state index is 12.9. The molecule has 190 valence electrons. The highest BCUT2D eigenvalue weighted by Gasteiger charge is 2.18. The number of benzene rings is 4. The monoisotopic (exact) mass is 539 g/mol. The van der Waals surface area contributed by atoms with Crippen molar-refractivity contribution in [2.24, 2.45) is 0 Å². The van der Waals surface area contributed by atoms with Crippen molar-refractivity contribution in [2.75, 3.05) is 18.2 Å². The Kier molecular flexibility index (Phi) is 8.01. The normalized spacial score (nSPS) is 10.9. The smallest absolute Gasteiger partial charge is 0.259 e. The summed E-state index contributed by atoms with van der Waals surface area (Å²) in [6.45, 7) is 0. The van der Waals surface area contributed by atoms with Crippen molar-refractivity contribution in [1.29, 1.82) is 0 Å². The van der Waals surface area contributed by atoms with Crippen LogP contribution in [0.1, 0.15) is 27.5 Å². The van der Waals surface area contributed by atoms with Crippen molar-refractivity contribution in [3.05, 3.63) is 120 Å². The molecular weight excluding hydrogens is 514 g/mol. The molecule has 38 heavy (non-hydrogen) atoms. The molecule has 0 atom stereocenters. The van der Waals surface area contributed by atoms with E-state index in [-0.39, 0.29) is 23.6 Å². The predicted octanol–water partition coefficient (Wildman–Crippen LogP) is 6.56. The van der Waals surface area contributed by atoms with Gasteiger partial charge in [-0.1, -0.05) is 84.6 Å². The zero-order valence-electron chi connectivity index (χ0n) is 20.6. The third kappa shape index (κ3) is 6.04. The first kappa shape index (κ1) is 25.5. The van der Waals surface area contributed by atoms with Gasteiger partial charge in [0.15, 0.2) is 4.34 Å². The molecular formula is C30H25N3O3S2. The first-order chi connectivity index (χ1) is 18.6. The predicted molar refractivity (Wildman–Crippen MR) is 154 cm³/mol. The number of ether oxygens (including phenoxy) is 1. The number of carbonyl (C=O) groups is 2. The zero-order valence-corrected chi connectivity index (χ0v) is 22.2. The molecule has 0 saturated heterocycles. The maximum atomic E-state index is 12.9. The van der Waals surface area contributed by atoms with Gasteiger partial charge in [-0.15, -0.1) is 11.3 Å². The minimum Gasteiger partial charge on any atom is -0.496 e. The van der Waals surface area contributed by atoms with Gasteiger partial charge in [0.1, 0.15) is 5.75 Å². The van der Waals surface area contributed by atoms with E-state index in [1.807, 2.05) is 84.9 Å². The second kappa shape index (κ2) is 11.9. The lowest BCUT2D eigenvalue weighted by atomic mass is 9.99. The highest BCUT2D eigenvalue weighted by atomic mass is 32.2. The topological polar surface area (TPSA) is 80.3 Å². The summed E-state index contributed by atoms with van der Waals surface area (Å²) in [5.74, 6) is 0.441. The molecule has 0 bridgehead atoms. The minimum atomic E-state index is -0.246. The molecule has 0 aliphatic carbocycles. The Morgan fingerprint density at radius 1 is 0.895 bits per heavy atom. The molecule has 0 saturated carbocycles. The summed E-state index contributed by atoms with van der Waals surface area (Å²) in [5.41, 5.74) is 4.00. The third-order valence-corrected chi connectivity index (χ3v) is 8.04. The summed E-state index contributed by atoms with van der Waals surface area (Å²) in [6, 6.07) is 32.3. The number of methoxy groups -OCH3 is 1. The van der Waals surface area contributed by atoms with Crippen LogP contribution >= 0.6 is 23.1 Å². The van der Waals surface area contributed by atoms with Gasteiger partial charge in [-0.2, -0.15) is 0 Å². The number of nitrogens with zero attached hydrogens (tertiary/aromatic N) is 1. The van der Waals surface area contributed by atoms with E-state index in [9.17, 15) is 9.59 Å². The van der Waals surface area contributed by atoms with Crippen molar-refractivity contribution >= 4 is 50.8 Å². The molecule has 5 rings (SSSR count). The van der Waals surface area contributed by atoms with Crippen LogP contribution in [0.3, 0.4) is 0 Å². The zero-order chi connectivity index (χ0) is 26.3. The Labute approximate surface area is 229 Å². The number of hydrogen-bond donors (Lipinski definition) is 2. The average molecular weight is 540 g/mol. The Bertz CT molecular complexity index is 1520. The third-order valence-electron chi connectivity index (χ3n) is 5.88. The van der Waals surface area contributed by atoms with Gasteiger partial charge in [0.05, 0.1) is 34.7 Å². The average Bonchev–Trinajstić information content (AvgIpc) is 3.38. The first-order valence-electron chi connectivity index (χ1n) is 12.0. The van der Waals surface area contributed by atoms with Crippen LogP contribution < -0.4 is 15.4 Å². The van der Waals surface area contributed by atoms with Crippen molar-refractivity contribution in [3.63, 3.8) is 0 Å². The van der Waals surface area contributed by atoms with Crippen molar-refractivity contribution < 1.29 is 14.3 Å². The van der Waals surface area contributed by atoms with Gasteiger partial charge in [-0.05, 0) is 41.5 Å². The molecule has 1 aromatic heterocycles. The Balaban J connectivity index is 1.24. The molecule has 5 aromatic rings. The van der Waals surface area contributed by atoms with Gasteiger partial charge in [-0.25, -0.2) is 4.98 Å². The molecule has 0 fully saturated rings. The molecule has 0 aliphatic rings. The summed E-state index contributed by atoms with van der Waals surface area (Å²) < 4.78 is 7.01. The van der Waals surface area contributed by atoms with Gasteiger partial charge in [-0.3, -0.25) is 9.59 Å². The number of carbonyl (C=O) groups excluding carboxylic acids is 2. The Hall–Kier alpha value is -4.14. The number of thioether (sulfide) groups is 1. The number of rotatable bonds is 9. The van der Waals surface area contributed by atoms with Gasteiger partial charge in [0.2, 0.25) is 5.91 Å². The lowest BCUT2D eigenvalue weighted by Gasteiger charge is -2.19. The van der Waals surface area contributed by atoms with Crippen LogP contribution in [0.4, 0.5) is 5.69 Å². The fourth-order valence-electron chi connectivity index (χ4n) is 4.05. The quantitative estimate of drug-likeness (QED) is 0.208. The Morgan fingerprint density at radius 2 is 1.55 bits per heavy atom. The highest BCUT2D eigenvalue weighted by Crippen LogP contribution is 2.32. The van der Waals surface area contributed by atoms with Gasteiger partial charge < -0.3 is 15.4 Å². The number of anilines is 1. The number of para-hydroxylation sites is 1. The van der Waals surface area contributed by atoms with Crippen LogP contribution in [-0.4, -0.2) is 29.7 Å².